The Labute approximate surface area is 95.5 Å². The molecule has 6 heteroatoms. The lowest BCUT2D eigenvalue weighted by atomic mass is 10.3. The van der Waals surface area contributed by atoms with Gasteiger partial charge in [-0.25, -0.2) is 4.98 Å². The predicted molar refractivity (Wildman–Crippen MR) is 59.1 cm³/mol. The second-order valence-corrected chi connectivity index (χ2v) is 4.19. The summed E-state index contributed by atoms with van der Waals surface area (Å²) in [4.78, 5) is 14.8. The highest BCUT2D eigenvalue weighted by molar-refractivity contribution is 7.10. The summed E-state index contributed by atoms with van der Waals surface area (Å²) in [6.07, 6.45) is 0. The van der Waals surface area contributed by atoms with Crippen molar-refractivity contribution in [1.82, 2.24) is 4.98 Å². The number of nitrogens with zero attached hydrogens (tertiary/aromatic N) is 1. The molecule has 3 N–H and O–H groups in total. The van der Waals surface area contributed by atoms with Crippen molar-refractivity contribution in [2.75, 3.05) is 0 Å². The number of aliphatic carboxylic acids is 1. The second kappa shape index (κ2) is 4.07. The average molecular weight is 238 g/mol. The molecule has 0 spiro atoms. The van der Waals surface area contributed by atoms with Crippen molar-refractivity contribution in [3.8, 4) is 11.5 Å². The van der Waals surface area contributed by atoms with Crippen LogP contribution in [0.2, 0.25) is 0 Å². The van der Waals surface area contributed by atoms with Crippen LogP contribution < -0.4 is 5.73 Å². The van der Waals surface area contributed by atoms with E-state index >= 15 is 0 Å². The number of hydrogen-bond donors (Lipinski definition) is 2. The van der Waals surface area contributed by atoms with Crippen molar-refractivity contribution in [2.24, 2.45) is 5.73 Å². The zero-order valence-corrected chi connectivity index (χ0v) is 9.32. The number of nitrogens with two attached hydrogens (primary N) is 1. The van der Waals surface area contributed by atoms with E-state index in [-0.39, 0.29) is 0 Å². The van der Waals surface area contributed by atoms with Crippen LogP contribution in [0.1, 0.15) is 16.8 Å². The summed E-state index contributed by atoms with van der Waals surface area (Å²) in [6, 6.07) is 2.54. The van der Waals surface area contributed by atoms with Crippen molar-refractivity contribution < 1.29 is 14.3 Å². The van der Waals surface area contributed by atoms with Crippen LogP contribution in [-0.4, -0.2) is 16.1 Å². The van der Waals surface area contributed by atoms with Crippen molar-refractivity contribution in [1.29, 1.82) is 0 Å². The van der Waals surface area contributed by atoms with Crippen molar-refractivity contribution in [3.05, 3.63) is 28.3 Å². The number of rotatable bonds is 3. The number of carboxylic acids is 1. The Bertz CT molecular complexity index is 518. The molecule has 0 saturated carbocycles. The summed E-state index contributed by atoms with van der Waals surface area (Å²) in [5.41, 5.74) is 6.07. The Balaban J connectivity index is 2.29. The Morgan fingerprint density at radius 1 is 1.62 bits per heavy atom. The fourth-order valence-corrected chi connectivity index (χ4v) is 2.02. The Kier molecular flexibility index (Phi) is 2.76. The van der Waals surface area contributed by atoms with Crippen LogP contribution in [0.4, 0.5) is 0 Å². The number of aryl methyl sites for hydroxylation is 1. The molecule has 0 aliphatic heterocycles. The van der Waals surface area contributed by atoms with Crippen LogP contribution in [0, 0.1) is 6.92 Å². The van der Waals surface area contributed by atoms with Crippen LogP contribution in [0.3, 0.4) is 0 Å². The number of aromatic nitrogens is 1. The standard InChI is InChI=1S/C10H10N2O3S/c1-5-2-3-7(15-5)6-4-16-9(12-6)8(11)10(13)14/h2-4,8H,11H2,1H3,(H,13,14). The number of thiazole rings is 1. The first kappa shape index (κ1) is 10.8. The molecule has 5 nitrogen and oxygen atoms in total. The molecule has 1 unspecified atom stereocenters. The largest absolute Gasteiger partial charge is 0.480 e. The third-order valence-corrected chi connectivity index (χ3v) is 2.97. The minimum atomic E-state index is -1.09. The number of carboxylic acid groups (broad SMARTS) is 1. The molecule has 0 bridgehead atoms. The van der Waals surface area contributed by atoms with Crippen LogP contribution in [-0.2, 0) is 4.79 Å². The SMILES string of the molecule is Cc1ccc(-c2csc(C(N)C(=O)O)n2)o1. The van der Waals surface area contributed by atoms with Crippen molar-refractivity contribution >= 4 is 17.3 Å². The van der Waals surface area contributed by atoms with Crippen molar-refractivity contribution in [3.63, 3.8) is 0 Å². The number of hydrogen-bond acceptors (Lipinski definition) is 5. The van der Waals surface area contributed by atoms with E-state index in [1.807, 2.05) is 13.0 Å². The monoisotopic (exact) mass is 238 g/mol. The van der Waals surface area contributed by atoms with E-state index in [1.54, 1.807) is 11.4 Å². The molecule has 16 heavy (non-hydrogen) atoms. The molecule has 0 aliphatic rings. The Hall–Kier alpha value is -1.66. The summed E-state index contributed by atoms with van der Waals surface area (Å²) in [5.74, 6) is 0.321. The van der Waals surface area contributed by atoms with E-state index in [1.165, 1.54) is 11.3 Å². The minimum Gasteiger partial charge on any atom is -0.480 e. The summed E-state index contributed by atoms with van der Waals surface area (Å²) in [5, 5.41) is 10.8. The van der Waals surface area contributed by atoms with Gasteiger partial charge in [-0.3, -0.25) is 4.79 Å². The molecule has 0 saturated heterocycles. The normalized spacial score (nSPS) is 12.6. The molecule has 2 aromatic heterocycles. The summed E-state index contributed by atoms with van der Waals surface area (Å²) < 4.78 is 5.38. The van der Waals surface area contributed by atoms with Gasteiger partial charge in [0.05, 0.1) is 0 Å². The minimum absolute atomic E-state index is 0.372. The van der Waals surface area contributed by atoms with E-state index in [0.717, 1.165) is 5.76 Å². The quantitative estimate of drug-likeness (QED) is 0.850. The maximum Gasteiger partial charge on any atom is 0.327 e. The summed E-state index contributed by atoms with van der Waals surface area (Å²) in [6.45, 7) is 1.83. The van der Waals surface area contributed by atoms with E-state index < -0.39 is 12.0 Å². The van der Waals surface area contributed by atoms with Gasteiger partial charge in [-0.05, 0) is 19.1 Å². The topological polar surface area (TPSA) is 89.4 Å². The number of furan rings is 1. The van der Waals surface area contributed by atoms with Gasteiger partial charge in [0.15, 0.2) is 11.8 Å². The van der Waals surface area contributed by atoms with Crippen LogP contribution in [0.15, 0.2) is 21.9 Å². The lowest BCUT2D eigenvalue weighted by Crippen LogP contribution is -2.20. The van der Waals surface area contributed by atoms with Gasteiger partial charge >= 0.3 is 5.97 Å². The zero-order chi connectivity index (χ0) is 11.7. The molecule has 0 aromatic carbocycles. The molecular formula is C10H10N2O3S. The fourth-order valence-electron chi connectivity index (χ4n) is 1.22. The molecule has 1 atom stereocenters. The maximum absolute atomic E-state index is 10.7. The molecule has 0 radical (unpaired) electrons. The van der Waals surface area contributed by atoms with E-state index in [4.69, 9.17) is 15.3 Å². The average Bonchev–Trinajstić information content (AvgIpc) is 2.84. The zero-order valence-electron chi connectivity index (χ0n) is 8.51. The van der Waals surface area contributed by atoms with Gasteiger partial charge in [0.1, 0.15) is 16.5 Å². The molecule has 0 fully saturated rings. The smallest absolute Gasteiger partial charge is 0.327 e. The molecule has 0 amide bonds. The lowest BCUT2D eigenvalue weighted by molar-refractivity contribution is -0.138. The summed E-state index contributed by atoms with van der Waals surface area (Å²) in [7, 11) is 0. The van der Waals surface area contributed by atoms with Gasteiger partial charge < -0.3 is 15.3 Å². The van der Waals surface area contributed by atoms with Gasteiger partial charge in [0.25, 0.3) is 0 Å². The first-order valence-corrected chi connectivity index (χ1v) is 5.46. The molecule has 84 valence electrons. The van der Waals surface area contributed by atoms with E-state index in [2.05, 4.69) is 4.98 Å². The van der Waals surface area contributed by atoms with Gasteiger partial charge in [-0.2, -0.15) is 0 Å². The molecular weight excluding hydrogens is 228 g/mol. The predicted octanol–water partition coefficient (Wildman–Crippen LogP) is 1.80. The van der Waals surface area contributed by atoms with Gasteiger partial charge in [-0.1, -0.05) is 0 Å². The van der Waals surface area contributed by atoms with Crippen LogP contribution in [0.25, 0.3) is 11.5 Å². The second-order valence-electron chi connectivity index (χ2n) is 3.30. The third-order valence-electron chi connectivity index (χ3n) is 2.05. The first-order valence-electron chi connectivity index (χ1n) is 4.58. The maximum atomic E-state index is 10.7. The molecule has 2 rings (SSSR count). The highest BCUT2D eigenvalue weighted by Crippen LogP contribution is 2.26. The molecule has 2 heterocycles. The molecule has 0 aliphatic carbocycles. The lowest BCUT2D eigenvalue weighted by Gasteiger charge is -1.99. The van der Waals surface area contributed by atoms with Gasteiger partial charge in [0, 0.05) is 5.38 Å². The van der Waals surface area contributed by atoms with Crippen LogP contribution >= 0.6 is 11.3 Å². The number of carbonyl (C=O) groups is 1. The highest BCUT2D eigenvalue weighted by atomic mass is 32.1. The summed E-state index contributed by atoms with van der Waals surface area (Å²) >= 11 is 1.21. The molecule has 2 aromatic rings. The van der Waals surface area contributed by atoms with Crippen molar-refractivity contribution in [2.45, 2.75) is 13.0 Å². The highest BCUT2D eigenvalue weighted by Gasteiger charge is 2.19. The fraction of sp³-hybridized carbons (Fsp3) is 0.200. The van der Waals surface area contributed by atoms with Gasteiger partial charge in [0.2, 0.25) is 0 Å². The third kappa shape index (κ3) is 1.98. The van der Waals surface area contributed by atoms with Crippen LogP contribution in [0.5, 0.6) is 0 Å². The van der Waals surface area contributed by atoms with Gasteiger partial charge in [-0.15, -0.1) is 11.3 Å². The van der Waals surface area contributed by atoms with E-state index in [0.29, 0.717) is 16.5 Å². The Morgan fingerprint density at radius 3 is 2.94 bits per heavy atom. The first-order chi connectivity index (χ1) is 7.58. The van der Waals surface area contributed by atoms with E-state index in [9.17, 15) is 4.79 Å². The Morgan fingerprint density at radius 2 is 2.38 bits per heavy atom.